The quantitative estimate of drug-likeness (QED) is 0.901. The highest BCUT2D eigenvalue weighted by Gasteiger charge is 2.31. The van der Waals surface area contributed by atoms with Crippen LogP contribution in [0.2, 0.25) is 0 Å². The lowest BCUT2D eigenvalue weighted by molar-refractivity contribution is 0.287. The zero-order valence-electron chi connectivity index (χ0n) is 11.4. The van der Waals surface area contributed by atoms with Crippen LogP contribution < -0.4 is 5.32 Å². The fourth-order valence-corrected chi connectivity index (χ4v) is 2.81. The number of hydrogen-bond acceptors (Lipinski definition) is 2. The first-order chi connectivity index (χ1) is 9.83. The first kappa shape index (κ1) is 13.3. The van der Waals surface area contributed by atoms with E-state index in [0.29, 0.717) is 12.0 Å². The van der Waals surface area contributed by atoms with E-state index < -0.39 is 0 Å². The minimum absolute atomic E-state index is 0.0623. The van der Waals surface area contributed by atoms with Crippen molar-refractivity contribution >= 4 is 0 Å². The second-order valence-corrected chi connectivity index (χ2v) is 5.45. The van der Waals surface area contributed by atoms with Gasteiger partial charge in [0.1, 0.15) is 5.82 Å². The molecule has 0 spiro atoms. The van der Waals surface area contributed by atoms with Crippen LogP contribution in [0.4, 0.5) is 4.39 Å². The van der Waals surface area contributed by atoms with Gasteiger partial charge in [-0.1, -0.05) is 18.2 Å². The van der Waals surface area contributed by atoms with E-state index in [1.165, 1.54) is 5.56 Å². The zero-order valence-corrected chi connectivity index (χ0v) is 11.4. The molecule has 1 aromatic heterocycles. The van der Waals surface area contributed by atoms with Crippen LogP contribution >= 0.6 is 0 Å². The first-order valence-corrected chi connectivity index (χ1v) is 7.19. The Hall–Kier alpha value is -1.74. The number of rotatable bonds is 5. The Bertz CT molecular complexity index is 550. The van der Waals surface area contributed by atoms with E-state index in [9.17, 15) is 4.39 Å². The molecule has 0 unspecified atom stereocenters. The summed E-state index contributed by atoms with van der Waals surface area (Å²) in [6.07, 6.45) is 6.75. The molecule has 20 heavy (non-hydrogen) atoms. The number of nitrogens with one attached hydrogen (secondary N) is 1. The molecule has 1 N–H and O–H groups in total. The van der Waals surface area contributed by atoms with Crippen LogP contribution in [0.25, 0.3) is 0 Å². The Balaban J connectivity index is 1.42. The molecule has 3 heteroatoms. The van der Waals surface area contributed by atoms with Crippen molar-refractivity contribution < 1.29 is 4.39 Å². The molecule has 0 aliphatic heterocycles. The van der Waals surface area contributed by atoms with E-state index in [4.69, 9.17) is 0 Å². The van der Waals surface area contributed by atoms with Gasteiger partial charge in [-0.2, -0.15) is 0 Å². The van der Waals surface area contributed by atoms with Crippen LogP contribution in [-0.2, 0) is 6.42 Å². The van der Waals surface area contributed by atoms with Crippen LogP contribution in [0, 0.1) is 5.82 Å². The lowest BCUT2D eigenvalue weighted by Gasteiger charge is -2.36. The SMILES string of the molecule is Fc1ccccc1C1CC(NCCc2ccncc2)C1. The summed E-state index contributed by atoms with van der Waals surface area (Å²) in [5, 5.41) is 3.54. The Morgan fingerprint density at radius 2 is 1.85 bits per heavy atom. The number of aromatic nitrogens is 1. The highest BCUT2D eigenvalue weighted by molar-refractivity contribution is 5.24. The van der Waals surface area contributed by atoms with Crippen molar-refractivity contribution in [3.05, 3.63) is 65.7 Å². The van der Waals surface area contributed by atoms with Gasteiger partial charge in [0, 0.05) is 18.4 Å². The third-order valence-corrected chi connectivity index (χ3v) is 4.08. The van der Waals surface area contributed by atoms with Crippen molar-refractivity contribution in [2.45, 2.75) is 31.2 Å². The first-order valence-electron chi connectivity index (χ1n) is 7.19. The smallest absolute Gasteiger partial charge is 0.126 e. The topological polar surface area (TPSA) is 24.9 Å². The van der Waals surface area contributed by atoms with E-state index >= 15 is 0 Å². The molecule has 0 atom stereocenters. The normalized spacial score (nSPS) is 21.4. The maximum Gasteiger partial charge on any atom is 0.126 e. The van der Waals surface area contributed by atoms with Gasteiger partial charge in [-0.05, 0) is 61.1 Å². The molecule has 3 rings (SSSR count). The molecular weight excluding hydrogens is 251 g/mol. The van der Waals surface area contributed by atoms with Crippen LogP contribution in [0.15, 0.2) is 48.8 Å². The largest absolute Gasteiger partial charge is 0.314 e. The summed E-state index contributed by atoms with van der Waals surface area (Å²) in [6.45, 7) is 0.971. The molecule has 0 bridgehead atoms. The third-order valence-electron chi connectivity index (χ3n) is 4.08. The molecular formula is C17H19FN2. The van der Waals surface area contributed by atoms with E-state index in [0.717, 1.165) is 31.4 Å². The number of halogens is 1. The summed E-state index contributed by atoms with van der Waals surface area (Å²) in [4.78, 5) is 4.01. The number of hydrogen-bond donors (Lipinski definition) is 1. The highest BCUT2D eigenvalue weighted by atomic mass is 19.1. The molecule has 1 fully saturated rings. The fraction of sp³-hybridized carbons (Fsp3) is 0.353. The van der Waals surface area contributed by atoms with Gasteiger partial charge < -0.3 is 5.32 Å². The summed E-state index contributed by atoms with van der Waals surface area (Å²) < 4.78 is 13.6. The number of benzene rings is 1. The molecule has 104 valence electrons. The average Bonchev–Trinajstić information content (AvgIpc) is 2.44. The molecule has 1 aromatic carbocycles. The van der Waals surface area contributed by atoms with Gasteiger partial charge >= 0.3 is 0 Å². The van der Waals surface area contributed by atoms with Gasteiger partial charge in [-0.3, -0.25) is 4.98 Å². The predicted molar refractivity (Wildman–Crippen MR) is 78.1 cm³/mol. The van der Waals surface area contributed by atoms with Crippen molar-refractivity contribution in [3.63, 3.8) is 0 Å². The monoisotopic (exact) mass is 270 g/mol. The van der Waals surface area contributed by atoms with E-state index in [1.54, 1.807) is 12.1 Å². The molecule has 0 amide bonds. The predicted octanol–water partition coefficient (Wildman–Crippen LogP) is 3.30. The van der Waals surface area contributed by atoms with Gasteiger partial charge in [0.05, 0.1) is 0 Å². The van der Waals surface area contributed by atoms with E-state index in [1.807, 2.05) is 36.7 Å². The maximum absolute atomic E-state index is 13.6. The number of nitrogens with zero attached hydrogens (tertiary/aromatic N) is 1. The van der Waals surface area contributed by atoms with Gasteiger partial charge in [-0.25, -0.2) is 4.39 Å². The van der Waals surface area contributed by atoms with Crippen LogP contribution in [0.5, 0.6) is 0 Å². The second-order valence-electron chi connectivity index (χ2n) is 5.45. The van der Waals surface area contributed by atoms with Crippen LogP contribution in [0.1, 0.15) is 29.9 Å². The Morgan fingerprint density at radius 3 is 2.60 bits per heavy atom. The van der Waals surface area contributed by atoms with Crippen molar-refractivity contribution in [2.75, 3.05) is 6.54 Å². The lowest BCUT2D eigenvalue weighted by atomic mass is 9.75. The van der Waals surface area contributed by atoms with Crippen molar-refractivity contribution in [1.82, 2.24) is 10.3 Å². The van der Waals surface area contributed by atoms with Crippen molar-refractivity contribution in [3.8, 4) is 0 Å². The standard InChI is InChI=1S/C17H19FN2/c18-17-4-2-1-3-16(17)14-11-15(12-14)20-10-7-13-5-8-19-9-6-13/h1-6,8-9,14-15,20H,7,10-12H2. The summed E-state index contributed by atoms with van der Waals surface area (Å²) in [6, 6.07) is 11.8. The molecule has 1 saturated carbocycles. The molecule has 2 aromatic rings. The molecule has 1 aliphatic rings. The Morgan fingerprint density at radius 1 is 1.10 bits per heavy atom. The van der Waals surface area contributed by atoms with Gasteiger partial charge in [0.25, 0.3) is 0 Å². The minimum Gasteiger partial charge on any atom is -0.314 e. The van der Waals surface area contributed by atoms with Crippen LogP contribution in [-0.4, -0.2) is 17.6 Å². The summed E-state index contributed by atoms with van der Waals surface area (Å²) in [7, 11) is 0. The van der Waals surface area contributed by atoms with E-state index in [-0.39, 0.29) is 5.82 Å². The van der Waals surface area contributed by atoms with Crippen LogP contribution in [0.3, 0.4) is 0 Å². The zero-order chi connectivity index (χ0) is 13.8. The minimum atomic E-state index is -0.0623. The lowest BCUT2D eigenvalue weighted by Crippen LogP contribution is -2.41. The van der Waals surface area contributed by atoms with Crippen molar-refractivity contribution in [2.24, 2.45) is 0 Å². The third kappa shape index (κ3) is 3.05. The van der Waals surface area contributed by atoms with E-state index in [2.05, 4.69) is 10.3 Å². The van der Waals surface area contributed by atoms with Gasteiger partial charge in [-0.15, -0.1) is 0 Å². The Kier molecular flexibility index (Phi) is 4.07. The fourth-order valence-electron chi connectivity index (χ4n) is 2.81. The van der Waals surface area contributed by atoms with Gasteiger partial charge in [0.2, 0.25) is 0 Å². The summed E-state index contributed by atoms with van der Waals surface area (Å²) in [5.74, 6) is 0.322. The molecule has 1 heterocycles. The summed E-state index contributed by atoms with van der Waals surface area (Å²) in [5.41, 5.74) is 2.18. The molecule has 0 radical (unpaired) electrons. The molecule has 1 aliphatic carbocycles. The van der Waals surface area contributed by atoms with Crippen molar-refractivity contribution in [1.29, 1.82) is 0 Å². The molecule has 0 saturated heterocycles. The van der Waals surface area contributed by atoms with Gasteiger partial charge in [0.15, 0.2) is 0 Å². The summed E-state index contributed by atoms with van der Waals surface area (Å²) >= 11 is 0. The maximum atomic E-state index is 13.6. The highest BCUT2D eigenvalue weighted by Crippen LogP contribution is 2.37. The number of pyridine rings is 1. The average molecular weight is 270 g/mol. The Labute approximate surface area is 119 Å². The molecule has 2 nitrogen and oxygen atoms in total. The second kappa shape index (κ2) is 6.14.